The molecule has 2 heterocycles. The molecular formula is C16H25N3O4S. The first-order chi connectivity index (χ1) is 11.2. The summed E-state index contributed by atoms with van der Waals surface area (Å²) in [6, 6.07) is -0.0731. The highest BCUT2D eigenvalue weighted by Gasteiger charge is 2.50. The molecule has 0 amide bonds. The molecule has 1 saturated heterocycles. The largest absolute Gasteiger partial charge is 0.481 e. The van der Waals surface area contributed by atoms with E-state index in [9.17, 15) is 18.7 Å². The van der Waals surface area contributed by atoms with Crippen LogP contribution in [-0.4, -0.2) is 59.5 Å². The monoisotopic (exact) mass is 355 g/mol. The third-order valence-electron chi connectivity index (χ3n) is 4.86. The van der Waals surface area contributed by atoms with Gasteiger partial charge in [-0.05, 0) is 19.8 Å². The molecule has 0 aromatic heterocycles. The molecule has 0 aliphatic carbocycles. The van der Waals surface area contributed by atoms with Gasteiger partial charge < -0.3 is 5.11 Å². The van der Waals surface area contributed by atoms with E-state index in [1.54, 1.807) is 6.08 Å². The van der Waals surface area contributed by atoms with Crippen LogP contribution in [0, 0.1) is 11.8 Å². The van der Waals surface area contributed by atoms with Crippen molar-refractivity contribution < 1.29 is 18.7 Å². The maximum absolute atomic E-state index is 11.4. The number of allylic oxidation sites excluding steroid dienone is 1. The summed E-state index contributed by atoms with van der Waals surface area (Å²) < 4.78 is 22.3. The number of aliphatic carboxylic acids is 1. The van der Waals surface area contributed by atoms with Crippen molar-refractivity contribution in [1.82, 2.24) is 9.31 Å². The van der Waals surface area contributed by atoms with E-state index in [1.165, 1.54) is 4.31 Å². The summed E-state index contributed by atoms with van der Waals surface area (Å²) in [5.41, 5.74) is 0.0292. The SMILES string of the molecule is C=CC1C(CC(=O)O)=NN([C@H]2CN(S(=O)O)C[C@H]2C)C1(C)/C=C\C. The Hall–Kier alpha value is -1.51. The zero-order valence-corrected chi connectivity index (χ0v) is 15.1. The fourth-order valence-corrected chi connectivity index (χ4v) is 4.41. The van der Waals surface area contributed by atoms with Crippen molar-refractivity contribution >= 4 is 22.9 Å². The minimum atomic E-state index is -2.01. The molecule has 3 unspecified atom stereocenters. The Bertz CT molecular complexity index is 606. The molecule has 0 saturated carbocycles. The molecule has 0 aromatic carbocycles. The van der Waals surface area contributed by atoms with Gasteiger partial charge >= 0.3 is 5.97 Å². The first-order valence-electron chi connectivity index (χ1n) is 7.95. The van der Waals surface area contributed by atoms with Crippen LogP contribution >= 0.6 is 0 Å². The van der Waals surface area contributed by atoms with Crippen LogP contribution in [-0.2, 0) is 16.1 Å². The molecule has 0 aromatic rings. The fourth-order valence-electron chi connectivity index (χ4n) is 3.76. The average molecular weight is 355 g/mol. The second-order valence-corrected chi connectivity index (χ2v) is 7.55. The first kappa shape index (κ1) is 18.8. The maximum atomic E-state index is 11.4. The van der Waals surface area contributed by atoms with Crippen molar-refractivity contribution in [3.63, 3.8) is 0 Å². The van der Waals surface area contributed by atoms with Crippen molar-refractivity contribution in [2.45, 2.75) is 38.8 Å². The van der Waals surface area contributed by atoms with Gasteiger partial charge in [0.05, 0.1) is 23.7 Å². The smallest absolute Gasteiger partial charge is 0.309 e. The van der Waals surface area contributed by atoms with Gasteiger partial charge in [-0.25, -0.2) is 4.21 Å². The minimum absolute atomic E-state index is 0.0731. The van der Waals surface area contributed by atoms with Gasteiger partial charge in [-0.2, -0.15) is 9.41 Å². The van der Waals surface area contributed by atoms with Crippen LogP contribution < -0.4 is 0 Å². The average Bonchev–Trinajstić information content (AvgIpc) is 2.97. The number of nitrogens with zero attached hydrogens (tertiary/aromatic N) is 3. The number of carboxylic acids is 1. The fraction of sp³-hybridized carbons (Fsp3) is 0.625. The molecular weight excluding hydrogens is 330 g/mol. The lowest BCUT2D eigenvalue weighted by molar-refractivity contribution is -0.135. The normalized spacial score (nSPS) is 35.4. The summed E-state index contributed by atoms with van der Waals surface area (Å²) >= 11 is -2.01. The molecule has 24 heavy (non-hydrogen) atoms. The van der Waals surface area contributed by atoms with E-state index in [-0.39, 0.29) is 24.3 Å². The highest BCUT2D eigenvalue weighted by molar-refractivity contribution is 7.76. The Morgan fingerprint density at radius 1 is 1.54 bits per heavy atom. The van der Waals surface area contributed by atoms with Crippen LogP contribution in [0.3, 0.4) is 0 Å². The Balaban J connectivity index is 2.40. The molecule has 0 spiro atoms. The van der Waals surface area contributed by atoms with Gasteiger partial charge in [0.15, 0.2) is 0 Å². The topological polar surface area (TPSA) is 93.4 Å². The predicted molar refractivity (Wildman–Crippen MR) is 93.7 cm³/mol. The van der Waals surface area contributed by atoms with Crippen LogP contribution in [0.1, 0.15) is 27.2 Å². The van der Waals surface area contributed by atoms with Crippen LogP contribution in [0.25, 0.3) is 0 Å². The Morgan fingerprint density at radius 2 is 2.21 bits per heavy atom. The molecule has 1 fully saturated rings. The van der Waals surface area contributed by atoms with Crippen LogP contribution in [0.15, 0.2) is 29.9 Å². The molecule has 5 atom stereocenters. The summed E-state index contributed by atoms with van der Waals surface area (Å²) in [5, 5.41) is 15.7. The summed E-state index contributed by atoms with van der Waals surface area (Å²) in [4.78, 5) is 11.2. The third-order valence-corrected chi connectivity index (χ3v) is 5.60. The number of hydrogen-bond donors (Lipinski definition) is 2. The van der Waals surface area contributed by atoms with E-state index < -0.39 is 22.8 Å². The molecule has 2 aliphatic heterocycles. The Kier molecular flexibility index (Phi) is 5.62. The number of rotatable bonds is 6. The Morgan fingerprint density at radius 3 is 2.67 bits per heavy atom. The lowest BCUT2D eigenvalue weighted by Crippen LogP contribution is -2.51. The maximum Gasteiger partial charge on any atom is 0.309 e. The summed E-state index contributed by atoms with van der Waals surface area (Å²) in [6.07, 6.45) is 5.52. The van der Waals surface area contributed by atoms with Gasteiger partial charge in [0, 0.05) is 19.0 Å². The zero-order chi connectivity index (χ0) is 18.1. The van der Waals surface area contributed by atoms with Gasteiger partial charge in [0.25, 0.3) is 0 Å². The summed E-state index contributed by atoms with van der Waals surface area (Å²) in [5.74, 6) is -1.02. The van der Waals surface area contributed by atoms with Crippen molar-refractivity contribution in [3.8, 4) is 0 Å². The second kappa shape index (κ2) is 7.16. The lowest BCUT2D eigenvalue weighted by atomic mass is 9.80. The van der Waals surface area contributed by atoms with Crippen LogP contribution in [0.4, 0.5) is 0 Å². The molecule has 7 nitrogen and oxygen atoms in total. The van der Waals surface area contributed by atoms with E-state index in [4.69, 9.17) is 0 Å². The third kappa shape index (κ3) is 3.31. The molecule has 0 radical (unpaired) electrons. The second-order valence-electron chi connectivity index (χ2n) is 6.57. The van der Waals surface area contributed by atoms with E-state index in [2.05, 4.69) is 11.7 Å². The van der Waals surface area contributed by atoms with Crippen molar-refractivity contribution in [3.05, 3.63) is 24.8 Å². The standard InChI is InChI=1S/C16H25N3O4S/c1-5-7-16(4)12(6-2)13(8-15(20)21)17-19(16)14-10-18(24(22)23)9-11(14)3/h5-7,11-12,14H,2,8-10H2,1,3-4H3,(H,20,21)(H,22,23)/b7-5-/t11-,12?,14+,16?/m1/s1. The molecule has 2 N–H and O–H groups in total. The first-order valence-corrected chi connectivity index (χ1v) is 9.01. The highest BCUT2D eigenvalue weighted by Crippen LogP contribution is 2.40. The van der Waals surface area contributed by atoms with E-state index in [0.29, 0.717) is 18.8 Å². The van der Waals surface area contributed by atoms with Crippen molar-refractivity contribution in [2.75, 3.05) is 13.1 Å². The van der Waals surface area contributed by atoms with Gasteiger partial charge in [0.1, 0.15) is 0 Å². The van der Waals surface area contributed by atoms with Crippen molar-refractivity contribution in [2.24, 2.45) is 16.9 Å². The lowest BCUT2D eigenvalue weighted by Gasteiger charge is -2.40. The summed E-state index contributed by atoms with van der Waals surface area (Å²) in [6.45, 7) is 10.7. The number of hydrogen-bond acceptors (Lipinski definition) is 4. The quantitative estimate of drug-likeness (QED) is 0.559. The molecule has 2 rings (SSSR count). The minimum Gasteiger partial charge on any atom is -0.481 e. The predicted octanol–water partition coefficient (Wildman–Crippen LogP) is 1.73. The van der Waals surface area contributed by atoms with Gasteiger partial charge in [0.2, 0.25) is 11.3 Å². The summed E-state index contributed by atoms with van der Waals surface area (Å²) in [7, 11) is 0. The molecule has 2 aliphatic rings. The van der Waals surface area contributed by atoms with Crippen LogP contribution in [0.2, 0.25) is 0 Å². The number of carbonyl (C=O) groups is 1. The van der Waals surface area contributed by atoms with E-state index >= 15 is 0 Å². The number of hydrazone groups is 1. The zero-order valence-electron chi connectivity index (χ0n) is 14.3. The molecule has 8 heteroatoms. The molecule has 134 valence electrons. The van der Waals surface area contributed by atoms with Crippen molar-refractivity contribution in [1.29, 1.82) is 0 Å². The highest BCUT2D eigenvalue weighted by atomic mass is 32.2. The van der Waals surface area contributed by atoms with Gasteiger partial charge in [-0.3, -0.25) is 14.4 Å². The van der Waals surface area contributed by atoms with E-state index in [0.717, 1.165) is 0 Å². The van der Waals surface area contributed by atoms with E-state index in [1.807, 2.05) is 37.9 Å². The van der Waals surface area contributed by atoms with Gasteiger partial charge in [-0.15, -0.1) is 6.58 Å². The number of carboxylic acid groups (broad SMARTS) is 1. The molecule has 0 bridgehead atoms. The van der Waals surface area contributed by atoms with Crippen LogP contribution in [0.5, 0.6) is 0 Å². The van der Waals surface area contributed by atoms with Gasteiger partial charge in [-0.1, -0.05) is 25.2 Å². The Labute approximate surface area is 145 Å².